The number of ether oxygens (including phenoxy) is 1. The average Bonchev–Trinajstić information content (AvgIpc) is 2.84. The van der Waals surface area contributed by atoms with Crippen molar-refractivity contribution >= 4 is 23.3 Å². The minimum absolute atomic E-state index is 0.0659. The van der Waals surface area contributed by atoms with Gasteiger partial charge in [0.2, 0.25) is 0 Å². The van der Waals surface area contributed by atoms with E-state index in [4.69, 9.17) is 0 Å². The highest BCUT2D eigenvalue weighted by Gasteiger charge is 2.26. The predicted molar refractivity (Wildman–Crippen MR) is 66.7 cm³/mol. The standard InChI is InChI=1S/C11H15N3O3S/c1-8-12-9(7-18-8)10(15)13-3-5-14(6-4-13)11(16)17-2/h7H,3-6H2,1-2H3. The summed E-state index contributed by atoms with van der Waals surface area (Å²) in [4.78, 5) is 30.9. The Morgan fingerprint density at radius 3 is 2.39 bits per heavy atom. The van der Waals surface area contributed by atoms with Gasteiger partial charge >= 0.3 is 6.09 Å². The van der Waals surface area contributed by atoms with Crippen LogP contribution in [-0.4, -0.2) is 60.1 Å². The Morgan fingerprint density at radius 2 is 1.89 bits per heavy atom. The molecule has 0 spiro atoms. The minimum Gasteiger partial charge on any atom is -0.453 e. The van der Waals surface area contributed by atoms with Gasteiger partial charge in [0.1, 0.15) is 5.69 Å². The molecule has 0 atom stereocenters. The number of thiazole rings is 1. The fourth-order valence-electron chi connectivity index (χ4n) is 1.84. The highest BCUT2D eigenvalue weighted by molar-refractivity contribution is 7.09. The van der Waals surface area contributed by atoms with Crippen molar-refractivity contribution in [2.75, 3.05) is 33.3 Å². The first kappa shape index (κ1) is 12.8. The van der Waals surface area contributed by atoms with E-state index in [2.05, 4.69) is 9.72 Å². The minimum atomic E-state index is -0.341. The van der Waals surface area contributed by atoms with Crippen LogP contribution in [0.3, 0.4) is 0 Å². The maximum atomic E-state index is 12.1. The summed E-state index contributed by atoms with van der Waals surface area (Å²) in [5, 5.41) is 2.65. The summed E-state index contributed by atoms with van der Waals surface area (Å²) >= 11 is 1.46. The number of hydrogen-bond donors (Lipinski definition) is 0. The second-order valence-electron chi connectivity index (χ2n) is 4.00. The third-order valence-corrected chi connectivity index (χ3v) is 3.61. The second-order valence-corrected chi connectivity index (χ2v) is 5.06. The van der Waals surface area contributed by atoms with E-state index in [1.807, 2.05) is 6.92 Å². The molecule has 0 bridgehead atoms. The SMILES string of the molecule is COC(=O)N1CCN(C(=O)c2csc(C)n2)CC1. The Labute approximate surface area is 109 Å². The Morgan fingerprint density at radius 1 is 1.28 bits per heavy atom. The highest BCUT2D eigenvalue weighted by atomic mass is 32.1. The van der Waals surface area contributed by atoms with Gasteiger partial charge in [-0.2, -0.15) is 0 Å². The topological polar surface area (TPSA) is 62.7 Å². The first-order valence-corrected chi connectivity index (χ1v) is 6.54. The van der Waals surface area contributed by atoms with E-state index >= 15 is 0 Å². The lowest BCUT2D eigenvalue weighted by Crippen LogP contribution is -2.50. The molecule has 2 amide bonds. The summed E-state index contributed by atoms with van der Waals surface area (Å²) in [6.07, 6.45) is -0.341. The molecule has 1 aliphatic heterocycles. The van der Waals surface area contributed by atoms with Gasteiger partial charge in [-0.1, -0.05) is 0 Å². The van der Waals surface area contributed by atoms with E-state index in [1.165, 1.54) is 18.4 Å². The molecule has 0 unspecified atom stereocenters. The van der Waals surface area contributed by atoms with Crippen LogP contribution in [0.5, 0.6) is 0 Å². The van der Waals surface area contributed by atoms with Crippen LogP contribution >= 0.6 is 11.3 Å². The van der Waals surface area contributed by atoms with E-state index in [0.29, 0.717) is 31.9 Å². The Kier molecular flexibility index (Phi) is 3.81. The van der Waals surface area contributed by atoms with Crippen molar-refractivity contribution in [3.05, 3.63) is 16.1 Å². The third-order valence-electron chi connectivity index (χ3n) is 2.84. The molecular weight excluding hydrogens is 254 g/mol. The molecule has 1 fully saturated rings. The number of amides is 2. The number of carbonyl (C=O) groups is 2. The highest BCUT2D eigenvalue weighted by Crippen LogP contribution is 2.12. The number of rotatable bonds is 1. The zero-order valence-electron chi connectivity index (χ0n) is 10.4. The van der Waals surface area contributed by atoms with E-state index in [-0.39, 0.29) is 12.0 Å². The predicted octanol–water partition coefficient (Wildman–Crippen LogP) is 0.976. The lowest BCUT2D eigenvalue weighted by Gasteiger charge is -2.33. The van der Waals surface area contributed by atoms with Crippen LogP contribution in [0.2, 0.25) is 0 Å². The summed E-state index contributed by atoms with van der Waals surface area (Å²) < 4.78 is 4.65. The van der Waals surface area contributed by atoms with Gasteiger partial charge in [0, 0.05) is 31.6 Å². The quantitative estimate of drug-likeness (QED) is 0.762. The van der Waals surface area contributed by atoms with Gasteiger partial charge in [-0.25, -0.2) is 9.78 Å². The van der Waals surface area contributed by atoms with Crippen LogP contribution < -0.4 is 0 Å². The smallest absolute Gasteiger partial charge is 0.409 e. The largest absolute Gasteiger partial charge is 0.453 e. The van der Waals surface area contributed by atoms with Crippen LogP contribution in [0.25, 0.3) is 0 Å². The van der Waals surface area contributed by atoms with Crippen LogP contribution in [-0.2, 0) is 4.74 Å². The molecule has 1 aromatic heterocycles. The molecule has 1 saturated heterocycles. The molecule has 18 heavy (non-hydrogen) atoms. The molecule has 0 aliphatic carbocycles. The van der Waals surface area contributed by atoms with Crippen molar-refractivity contribution in [2.24, 2.45) is 0 Å². The van der Waals surface area contributed by atoms with Crippen LogP contribution in [0, 0.1) is 6.92 Å². The molecule has 0 saturated carbocycles. The molecule has 0 aromatic carbocycles. The number of aryl methyl sites for hydroxylation is 1. The third kappa shape index (κ3) is 2.61. The van der Waals surface area contributed by atoms with Crippen molar-refractivity contribution < 1.29 is 14.3 Å². The fourth-order valence-corrected chi connectivity index (χ4v) is 2.43. The lowest BCUT2D eigenvalue weighted by atomic mass is 10.3. The molecule has 0 N–H and O–H groups in total. The maximum Gasteiger partial charge on any atom is 0.409 e. The fraction of sp³-hybridized carbons (Fsp3) is 0.545. The summed E-state index contributed by atoms with van der Waals surface area (Å²) in [6, 6.07) is 0. The molecule has 0 radical (unpaired) electrons. The molecule has 1 aromatic rings. The van der Waals surface area contributed by atoms with Crippen LogP contribution in [0.15, 0.2) is 5.38 Å². The molecule has 98 valence electrons. The van der Waals surface area contributed by atoms with Gasteiger partial charge < -0.3 is 14.5 Å². The van der Waals surface area contributed by atoms with Crippen molar-refractivity contribution in [3.63, 3.8) is 0 Å². The second kappa shape index (κ2) is 5.34. The van der Waals surface area contributed by atoms with Gasteiger partial charge in [0.25, 0.3) is 5.91 Å². The summed E-state index contributed by atoms with van der Waals surface area (Å²) in [5.74, 6) is -0.0659. The Bertz CT molecular complexity index is 452. The normalized spacial score (nSPS) is 15.7. The lowest BCUT2D eigenvalue weighted by molar-refractivity contribution is 0.0595. The summed E-state index contributed by atoms with van der Waals surface area (Å²) in [7, 11) is 1.36. The van der Waals surface area contributed by atoms with Crippen molar-refractivity contribution in [2.45, 2.75) is 6.92 Å². The number of nitrogens with zero attached hydrogens (tertiary/aromatic N) is 3. The summed E-state index contributed by atoms with van der Waals surface area (Å²) in [6.45, 7) is 3.91. The molecular formula is C11H15N3O3S. The van der Waals surface area contributed by atoms with Gasteiger partial charge in [-0.15, -0.1) is 11.3 Å². The molecule has 7 heteroatoms. The van der Waals surface area contributed by atoms with Crippen molar-refractivity contribution in [3.8, 4) is 0 Å². The van der Waals surface area contributed by atoms with E-state index in [1.54, 1.807) is 15.2 Å². The monoisotopic (exact) mass is 269 g/mol. The van der Waals surface area contributed by atoms with Crippen molar-refractivity contribution in [1.29, 1.82) is 0 Å². The van der Waals surface area contributed by atoms with E-state index < -0.39 is 0 Å². The zero-order chi connectivity index (χ0) is 13.1. The Hall–Kier alpha value is -1.63. The van der Waals surface area contributed by atoms with E-state index in [0.717, 1.165) is 5.01 Å². The molecule has 6 nitrogen and oxygen atoms in total. The number of methoxy groups -OCH3 is 1. The van der Waals surface area contributed by atoms with Gasteiger partial charge in [0.05, 0.1) is 12.1 Å². The van der Waals surface area contributed by atoms with Gasteiger partial charge in [-0.3, -0.25) is 4.79 Å². The number of hydrogen-bond acceptors (Lipinski definition) is 5. The first-order chi connectivity index (χ1) is 8.61. The van der Waals surface area contributed by atoms with Gasteiger partial charge in [-0.05, 0) is 6.92 Å². The van der Waals surface area contributed by atoms with Crippen LogP contribution in [0.1, 0.15) is 15.5 Å². The van der Waals surface area contributed by atoms with Crippen LogP contribution in [0.4, 0.5) is 4.79 Å². The summed E-state index contributed by atoms with van der Waals surface area (Å²) in [5.41, 5.74) is 0.490. The average molecular weight is 269 g/mol. The van der Waals surface area contributed by atoms with Crippen molar-refractivity contribution in [1.82, 2.24) is 14.8 Å². The molecule has 2 heterocycles. The van der Waals surface area contributed by atoms with E-state index in [9.17, 15) is 9.59 Å². The zero-order valence-corrected chi connectivity index (χ0v) is 11.2. The number of carbonyl (C=O) groups excluding carboxylic acids is 2. The molecule has 2 rings (SSSR count). The molecule has 1 aliphatic rings. The first-order valence-electron chi connectivity index (χ1n) is 5.66. The number of piperazine rings is 1. The van der Waals surface area contributed by atoms with Gasteiger partial charge in [0.15, 0.2) is 0 Å². The Balaban J connectivity index is 1.94. The maximum absolute atomic E-state index is 12.1. The number of aromatic nitrogens is 1.